The minimum atomic E-state index is -0.556. The molecule has 2 aromatic rings. The summed E-state index contributed by atoms with van der Waals surface area (Å²) in [7, 11) is 10.2. The Balaban J connectivity index is 0.000000891. The summed E-state index contributed by atoms with van der Waals surface area (Å²) in [5.74, 6) is 0.359. The van der Waals surface area contributed by atoms with Crippen LogP contribution in [0.3, 0.4) is 0 Å². The zero-order valence-electron chi connectivity index (χ0n) is 14.3. The van der Waals surface area contributed by atoms with Gasteiger partial charge in [-0.2, -0.15) is 0 Å². The maximum atomic E-state index is 9.99. The molecule has 0 spiro atoms. The van der Waals surface area contributed by atoms with E-state index in [1.165, 1.54) is 10.9 Å². The Morgan fingerprint density at radius 2 is 1.71 bits per heavy atom. The maximum absolute atomic E-state index is 9.99. The number of aliphatic imine (C=N–C) groups is 1. The number of hydrogen-bond acceptors (Lipinski definition) is 2. The molecule has 0 radical (unpaired) electrons. The first-order valence-corrected chi connectivity index (χ1v) is 12.7. The Kier molecular flexibility index (Phi) is 9.56. The number of hydrogen-bond donors (Lipinski definition) is 1. The molecule has 0 fully saturated rings. The van der Waals surface area contributed by atoms with Gasteiger partial charge >= 0.3 is 35.6 Å². The summed E-state index contributed by atoms with van der Waals surface area (Å²) in [6.45, 7) is 8.37. The third-order valence-electron chi connectivity index (χ3n) is 3.06. The van der Waals surface area contributed by atoms with E-state index < -0.39 is 17.0 Å². The molecule has 2 nitrogen and oxygen atoms in total. The normalized spacial score (nSPS) is 11.6. The monoisotopic (exact) mass is 417 g/mol. The second-order valence-corrected chi connectivity index (χ2v) is 10.0. The van der Waals surface area contributed by atoms with Gasteiger partial charge in [0.2, 0.25) is 0 Å². The number of aryl methyl sites for hydroxylation is 1. The first-order chi connectivity index (χ1) is 11.3. The summed E-state index contributed by atoms with van der Waals surface area (Å²) in [6.07, 6.45) is 1.95. The molecule has 1 unspecified atom stereocenters. The van der Waals surface area contributed by atoms with Crippen molar-refractivity contribution < 1.29 is 22.1 Å². The van der Waals surface area contributed by atoms with Gasteiger partial charge in [0.25, 0.3) is 0 Å². The van der Waals surface area contributed by atoms with Gasteiger partial charge in [0.15, 0.2) is 0 Å². The van der Waals surface area contributed by atoms with Gasteiger partial charge in [-0.15, -0.1) is 0 Å². The van der Waals surface area contributed by atoms with Gasteiger partial charge in [0, 0.05) is 17.1 Å². The standard InChI is InChI=1S/C18H22NOP.2ClH.Ti/c1-13-8-7-9-14(12-19-18(2,3)4)17(13)21-16-11-6-5-10-15(16)20;;;/h5-12,20-21H,1-4H3;2*1H;/q;;;+2/p-2. The van der Waals surface area contributed by atoms with Crippen LogP contribution in [-0.4, -0.2) is 16.9 Å². The summed E-state index contributed by atoms with van der Waals surface area (Å²) in [6, 6.07) is 13.8. The number of phenols is 1. The van der Waals surface area contributed by atoms with Crippen molar-refractivity contribution in [1.82, 2.24) is 0 Å². The molecule has 0 aliphatic rings. The average Bonchev–Trinajstić information content (AvgIpc) is 2.50. The summed E-state index contributed by atoms with van der Waals surface area (Å²) in [5.41, 5.74) is 2.28. The molecule has 2 aromatic carbocycles. The van der Waals surface area contributed by atoms with E-state index in [0.717, 1.165) is 10.9 Å². The van der Waals surface area contributed by atoms with Crippen LogP contribution < -0.4 is 10.6 Å². The quantitative estimate of drug-likeness (QED) is 0.429. The molecule has 0 aliphatic carbocycles. The van der Waals surface area contributed by atoms with Crippen molar-refractivity contribution in [2.24, 2.45) is 4.99 Å². The van der Waals surface area contributed by atoms with Crippen molar-refractivity contribution in [2.45, 2.75) is 33.2 Å². The van der Waals surface area contributed by atoms with Gasteiger partial charge in [0.05, 0.1) is 5.54 Å². The van der Waals surface area contributed by atoms with Gasteiger partial charge in [-0.25, -0.2) is 0 Å². The van der Waals surface area contributed by atoms with Crippen molar-refractivity contribution in [2.75, 3.05) is 0 Å². The average molecular weight is 418 g/mol. The topological polar surface area (TPSA) is 32.6 Å². The number of para-hydroxylation sites is 1. The predicted molar refractivity (Wildman–Crippen MR) is 106 cm³/mol. The minimum absolute atomic E-state index is 0.0843. The summed E-state index contributed by atoms with van der Waals surface area (Å²) in [5, 5.41) is 12.2. The Labute approximate surface area is 163 Å². The molecule has 1 atom stereocenters. The number of phenolic OH excluding ortho intramolecular Hbond substituents is 1. The van der Waals surface area contributed by atoms with E-state index in [1.54, 1.807) is 6.07 Å². The van der Waals surface area contributed by atoms with E-state index in [0.29, 0.717) is 14.3 Å². The van der Waals surface area contributed by atoms with Crippen LogP contribution in [0, 0.1) is 6.92 Å². The van der Waals surface area contributed by atoms with Crippen molar-refractivity contribution in [3.63, 3.8) is 0 Å². The first-order valence-electron chi connectivity index (χ1n) is 7.44. The molecule has 1 N–H and O–H groups in total. The molecule has 128 valence electrons. The van der Waals surface area contributed by atoms with Crippen LogP contribution in [0.25, 0.3) is 0 Å². The fourth-order valence-corrected chi connectivity index (χ4v) is 3.18. The zero-order chi connectivity index (χ0) is 18.2. The van der Waals surface area contributed by atoms with Crippen LogP contribution in [0.2, 0.25) is 0 Å². The van der Waals surface area contributed by atoms with Crippen LogP contribution in [0.1, 0.15) is 31.9 Å². The summed E-state index contributed by atoms with van der Waals surface area (Å²) in [4.78, 5) is 4.61. The Hall–Kier alpha value is -0.366. The molecule has 0 aliphatic heterocycles. The third-order valence-corrected chi connectivity index (χ3v) is 4.68. The first kappa shape index (κ1) is 21.7. The molecule has 24 heavy (non-hydrogen) atoms. The molecule has 0 heterocycles. The second-order valence-electron chi connectivity index (χ2n) is 6.18. The Morgan fingerprint density at radius 1 is 1.08 bits per heavy atom. The zero-order valence-corrected chi connectivity index (χ0v) is 18.3. The van der Waals surface area contributed by atoms with Crippen LogP contribution in [0.4, 0.5) is 0 Å². The number of halogens is 2. The molecule has 0 aromatic heterocycles. The number of benzene rings is 2. The van der Waals surface area contributed by atoms with E-state index in [9.17, 15) is 5.11 Å². The molecule has 2 rings (SSSR count). The molecule has 0 saturated heterocycles. The van der Waals surface area contributed by atoms with Crippen LogP contribution >= 0.6 is 27.2 Å². The number of aromatic hydroxyl groups is 1. The SMILES string of the molecule is Cc1cccc(C=NC(C)(C)C)c1Pc1ccccc1O.[Cl][Ti][Cl]. The number of nitrogens with zero attached hydrogens (tertiary/aromatic N) is 1. The number of rotatable bonds is 3. The fourth-order valence-electron chi connectivity index (χ4n) is 1.95. The molecule has 0 bridgehead atoms. The van der Waals surface area contributed by atoms with Crippen LogP contribution in [0.15, 0.2) is 47.5 Å². The van der Waals surface area contributed by atoms with E-state index in [4.69, 9.17) is 18.6 Å². The second kappa shape index (κ2) is 10.6. The predicted octanol–water partition coefficient (Wildman–Crippen LogP) is 4.92. The van der Waals surface area contributed by atoms with Crippen molar-refractivity contribution >= 4 is 44.0 Å². The van der Waals surface area contributed by atoms with Gasteiger partial charge < -0.3 is 5.11 Å². The van der Waals surface area contributed by atoms with Crippen LogP contribution in [-0.2, 0) is 17.0 Å². The fraction of sp³-hybridized carbons (Fsp3) is 0.278. The molecule has 0 saturated carbocycles. The third kappa shape index (κ3) is 7.68. The van der Waals surface area contributed by atoms with E-state index in [2.05, 4.69) is 50.9 Å². The molecule has 6 heteroatoms. The van der Waals surface area contributed by atoms with Gasteiger partial charge in [-0.1, -0.05) is 45.0 Å². The summed E-state index contributed by atoms with van der Waals surface area (Å²) < 4.78 is 0. The molecular weight excluding hydrogens is 396 g/mol. The Morgan fingerprint density at radius 3 is 2.29 bits per heavy atom. The Bertz CT molecular complexity index is 687. The summed E-state index contributed by atoms with van der Waals surface area (Å²) >= 11 is -0.556. The van der Waals surface area contributed by atoms with E-state index in [1.807, 2.05) is 24.4 Å². The van der Waals surface area contributed by atoms with E-state index in [-0.39, 0.29) is 5.54 Å². The van der Waals surface area contributed by atoms with Crippen LogP contribution in [0.5, 0.6) is 5.75 Å². The molecular formula is C18H22Cl2NOPTi. The molecule has 0 amide bonds. The van der Waals surface area contributed by atoms with Gasteiger partial charge in [0.1, 0.15) is 5.75 Å². The van der Waals surface area contributed by atoms with Gasteiger partial charge in [-0.3, -0.25) is 4.99 Å². The van der Waals surface area contributed by atoms with Crippen molar-refractivity contribution in [3.8, 4) is 5.75 Å². The van der Waals surface area contributed by atoms with Crippen molar-refractivity contribution in [3.05, 3.63) is 53.6 Å². The van der Waals surface area contributed by atoms with E-state index >= 15 is 0 Å². The van der Waals surface area contributed by atoms with Gasteiger partial charge in [-0.05, 0) is 44.6 Å². The van der Waals surface area contributed by atoms with Crippen molar-refractivity contribution in [1.29, 1.82) is 0 Å².